The van der Waals surface area contributed by atoms with Crippen molar-refractivity contribution in [2.75, 3.05) is 6.54 Å². The molecule has 0 spiro atoms. The molecule has 0 bridgehead atoms. The normalized spacial score (nSPS) is 54.2. The first-order chi connectivity index (χ1) is 14.6. The molecule has 0 aromatic carbocycles. The van der Waals surface area contributed by atoms with Crippen LogP contribution in [0.5, 0.6) is 0 Å². The fourth-order valence-electron chi connectivity index (χ4n) is 9.43. The number of nitrogens with one attached hydrogen (secondary N) is 1. The number of aliphatic hydroxyl groups is 3. The van der Waals surface area contributed by atoms with Crippen molar-refractivity contribution < 1.29 is 15.3 Å². The van der Waals surface area contributed by atoms with Gasteiger partial charge in [-0.15, -0.1) is 0 Å². The van der Waals surface area contributed by atoms with E-state index in [0.29, 0.717) is 23.7 Å². The van der Waals surface area contributed by atoms with Crippen LogP contribution in [0.1, 0.15) is 85.5 Å². The van der Waals surface area contributed by atoms with Gasteiger partial charge in [0.05, 0.1) is 17.8 Å². The number of piperidine rings is 1. The molecule has 4 heteroatoms. The summed E-state index contributed by atoms with van der Waals surface area (Å²) in [5.41, 5.74) is 0.823. The van der Waals surface area contributed by atoms with Gasteiger partial charge < -0.3 is 20.6 Å². The molecule has 1 aliphatic heterocycles. The highest BCUT2D eigenvalue weighted by atomic mass is 16.3. The van der Waals surface area contributed by atoms with Gasteiger partial charge in [-0.05, 0) is 106 Å². The summed E-state index contributed by atoms with van der Waals surface area (Å²) in [7, 11) is 0. The number of fused-ring (bicyclic) bond motifs is 5. The second-order valence-electron chi connectivity index (χ2n) is 12.9. The van der Waals surface area contributed by atoms with Gasteiger partial charge in [-0.1, -0.05) is 32.4 Å². The van der Waals surface area contributed by atoms with Crippen LogP contribution in [0.25, 0.3) is 0 Å². The molecule has 0 amide bonds. The first-order valence-electron chi connectivity index (χ1n) is 13.1. The average molecular weight is 432 g/mol. The molecule has 11 atom stereocenters. The molecule has 5 aliphatic rings. The predicted molar refractivity (Wildman–Crippen MR) is 123 cm³/mol. The average Bonchev–Trinajstić information content (AvgIpc) is 2.99. The Labute approximate surface area is 188 Å². The van der Waals surface area contributed by atoms with Gasteiger partial charge in [0, 0.05) is 12.0 Å². The van der Waals surface area contributed by atoms with E-state index in [1.165, 1.54) is 12.0 Å². The smallest absolute Gasteiger partial charge is 0.0829 e. The van der Waals surface area contributed by atoms with Crippen LogP contribution in [0.4, 0.5) is 0 Å². The summed E-state index contributed by atoms with van der Waals surface area (Å²) in [5.74, 6) is 2.32. The van der Waals surface area contributed by atoms with Crippen LogP contribution < -0.4 is 5.32 Å². The summed E-state index contributed by atoms with van der Waals surface area (Å²) >= 11 is 0. The van der Waals surface area contributed by atoms with Crippen LogP contribution in [0.3, 0.4) is 0 Å². The Bertz CT molecular complexity index is 726. The van der Waals surface area contributed by atoms with Crippen LogP contribution >= 0.6 is 0 Å². The lowest BCUT2D eigenvalue weighted by atomic mass is 9.46. The van der Waals surface area contributed by atoms with E-state index in [-0.39, 0.29) is 28.9 Å². The van der Waals surface area contributed by atoms with E-state index in [9.17, 15) is 15.3 Å². The minimum absolute atomic E-state index is 0.00922. The van der Waals surface area contributed by atoms with E-state index in [1.54, 1.807) is 0 Å². The molecule has 4 fully saturated rings. The standard InChI is InChI=1S/C27H45NO3/c1-16-5-8-23(28-15-16)27(4,31)24-22(30)14-21-19-7-6-17-13-18(29)9-11-25(17,2)20(19)10-12-26(21,24)3/h6,16,18-24,28-31H,5,7-15H2,1-4H3/t16-,18-,19+,20-,21-,22-,23+,24-,25-,26-,27-/m0/s1. The van der Waals surface area contributed by atoms with E-state index >= 15 is 0 Å². The lowest BCUT2D eigenvalue weighted by Gasteiger charge is -2.59. The largest absolute Gasteiger partial charge is 0.393 e. The van der Waals surface area contributed by atoms with Gasteiger partial charge in [0.2, 0.25) is 0 Å². The van der Waals surface area contributed by atoms with Crippen molar-refractivity contribution in [2.24, 2.45) is 40.4 Å². The maximum absolute atomic E-state index is 11.9. The van der Waals surface area contributed by atoms with Crippen molar-refractivity contribution in [2.45, 2.75) is 109 Å². The van der Waals surface area contributed by atoms with E-state index in [4.69, 9.17) is 0 Å². The van der Waals surface area contributed by atoms with Crippen molar-refractivity contribution in [3.05, 3.63) is 11.6 Å². The summed E-state index contributed by atoms with van der Waals surface area (Å²) in [6, 6.07) is 0.0758. The van der Waals surface area contributed by atoms with Gasteiger partial charge in [-0.3, -0.25) is 0 Å². The number of allylic oxidation sites excluding steroid dienone is 1. The molecule has 4 aliphatic carbocycles. The fourth-order valence-corrected chi connectivity index (χ4v) is 9.43. The molecule has 0 aromatic heterocycles. The van der Waals surface area contributed by atoms with Crippen LogP contribution in [-0.2, 0) is 0 Å². The second kappa shape index (κ2) is 7.55. The Hall–Kier alpha value is -0.420. The van der Waals surface area contributed by atoms with Crippen molar-refractivity contribution in [1.82, 2.24) is 5.32 Å². The lowest BCUT2D eigenvalue weighted by Crippen LogP contribution is -2.62. The number of aliphatic hydroxyl groups excluding tert-OH is 2. The van der Waals surface area contributed by atoms with Gasteiger partial charge in [0.25, 0.3) is 0 Å². The van der Waals surface area contributed by atoms with Crippen LogP contribution in [0, 0.1) is 40.4 Å². The molecule has 31 heavy (non-hydrogen) atoms. The van der Waals surface area contributed by atoms with E-state index in [2.05, 4.69) is 32.2 Å². The molecular weight excluding hydrogens is 386 g/mol. The van der Waals surface area contributed by atoms with Gasteiger partial charge in [0.15, 0.2) is 0 Å². The Morgan fingerprint density at radius 3 is 2.55 bits per heavy atom. The molecule has 0 radical (unpaired) electrons. The maximum atomic E-state index is 11.9. The lowest BCUT2D eigenvalue weighted by molar-refractivity contribution is -0.137. The summed E-state index contributed by atoms with van der Waals surface area (Å²) in [4.78, 5) is 0. The molecule has 4 nitrogen and oxygen atoms in total. The van der Waals surface area contributed by atoms with Crippen LogP contribution in [0.15, 0.2) is 11.6 Å². The third-order valence-electron chi connectivity index (χ3n) is 11.1. The van der Waals surface area contributed by atoms with E-state index < -0.39 is 11.7 Å². The van der Waals surface area contributed by atoms with Crippen molar-refractivity contribution in [3.8, 4) is 0 Å². The number of hydrogen-bond acceptors (Lipinski definition) is 4. The van der Waals surface area contributed by atoms with Gasteiger partial charge in [0.1, 0.15) is 0 Å². The highest BCUT2D eigenvalue weighted by molar-refractivity contribution is 5.26. The molecule has 0 unspecified atom stereocenters. The van der Waals surface area contributed by atoms with Crippen LogP contribution in [-0.4, -0.2) is 45.7 Å². The zero-order valence-electron chi connectivity index (χ0n) is 20.1. The Kier molecular flexibility index (Phi) is 5.45. The zero-order valence-corrected chi connectivity index (χ0v) is 20.1. The van der Waals surface area contributed by atoms with Crippen molar-refractivity contribution >= 4 is 0 Å². The minimum atomic E-state index is -0.885. The van der Waals surface area contributed by atoms with Gasteiger partial charge >= 0.3 is 0 Å². The third-order valence-corrected chi connectivity index (χ3v) is 11.1. The third kappa shape index (κ3) is 3.30. The maximum Gasteiger partial charge on any atom is 0.0829 e. The van der Waals surface area contributed by atoms with E-state index in [0.717, 1.165) is 57.9 Å². The number of rotatable bonds is 2. The monoisotopic (exact) mass is 431 g/mol. The first kappa shape index (κ1) is 22.4. The quantitative estimate of drug-likeness (QED) is 0.498. The van der Waals surface area contributed by atoms with Crippen molar-refractivity contribution in [3.63, 3.8) is 0 Å². The van der Waals surface area contributed by atoms with Crippen LogP contribution in [0.2, 0.25) is 0 Å². The van der Waals surface area contributed by atoms with Gasteiger partial charge in [-0.2, -0.15) is 0 Å². The molecule has 0 aromatic rings. The highest BCUT2D eigenvalue weighted by Gasteiger charge is 2.65. The molecule has 1 saturated heterocycles. The molecular formula is C27H45NO3. The van der Waals surface area contributed by atoms with Crippen molar-refractivity contribution in [1.29, 1.82) is 0 Å². The second-order valence-corrected chi connectivity index (χ2v) is 12.9. The summed E-state index contributed by atoms with van der Waals surface area (Å²) < 4.78 is 0. The molecule has 176 valence electrons. The molecule has 5 rings (SSSR count). The fraction of sp³-hybridized carbons (Fsp3) is 0.926. The zero-order chi connectivity index (χ0) is 22.2. The predicted octanol–water partition coefficient (Wildman–Crippen LogP) is 4.04. The number of hydrogen-bond donors (Lipinski definition) is 4. The summed E-state index contributed by atoms with van der Waals surface area (Å²) in [6.07, 6.45) is 11.1. The van der Waals surface area contributed by atoms with Gasteiger partial charge in [-0.25, -0.2) is 0 Å². The first-order valence-corrected chi connectivity index (χ1v) is 13.1. The molecule has 3 saturated carbocycles. The van der Waals surface area contributed by atoms with E-state index in [1.807, 2.05) is 6.92 Å². The SMILES string of the molecule is C[C@H]1CC[C@H]([C@](C)(O)[C@H]2[C@@H](O)C[C@H]3[C@@H]4CC=C5C[C@@H](O)CC[C@]5(C)[C@H]4CC[C@]23C)NC1. The molecule has 4 N–H and O–H groups in total. The summed E-state index contributed by atoms with van der Waals surface area (Å²) in [6.45, 7) is 10.1. The topological polar surface area (TPSA) is 72.7 Å². The Morgan fingerprint density at radius 2 is 1.84 bits per heavy atom. The molecule has 1 heterocycles. The minimum Gasteiger partial charge on any atom is -0.393 e. The Balaban J connectivity index is 1.43. The summed E-state index contributed by atoms with van der Waals surface area (Å²) in [5, 5.41) is 37.2. The highest BCUT2D eigenvalue weighted by Crippen LogP contribution is 2.67. The Morgan fingerprint density at radius 1 is 1.06 bits per heavy atom.